The molecule has 0 aliphatic carbocycles. The lowest BCUT2D eigenvalue weighted by atomic mass is 9.94. The van der Waals surface area contributed by atoms with Crippen molar-refractivity contribution in [2.45, 2.75) is 36.0 Å². The van der Waals surface area contributed by atoms with Crippen LogP contribution in [0, 0.1) is 0 Å². The van der Waals surface area contributed by atoms with Crippen LogP contribution in [-0.4, -0.2) is 74.6 Å². The first-order chi connectivity index (χ1) is 18.6. The van der Waals surface area contributed by atoms with Gasteiger partial charge in [0.25, 0.3) is 5.89 Å². The van der Waals surface area contributed by atoms with Crippen LogP contribution in [0.2, 0.25) is 5.02 Å². The fourth-order valence-electron chi connectivity index (χ4n) is 4.98. The second-order valence-electron chi connectivity index (χ2n) is 9.87. The number of carbonyl (C=O) groups excluding carboxylic acids is 1. The molecule has 2 aliphatic heterocycles. The summed E-state index contributed by atoms with van der Waals surface area (Å²) in [5.41, 5.74) is 5.40. The first kappa shape index (κ1) is 27.7. The lowest BCUT2D eigenvalue weighted by Gasteiger charge is -2.34. The average molecular weight is 578 g/mol. The van der Waals surface area contributed by atoms with Gasteiger partial charge in [0.1, 0.15) is 0 Å². The Morgan fingerprint density at radius 3 is 2.74 bits per heavy atom. The maximum absolute atomic E-state index is 15.9. The van der Waals surface area contributed by atoms with E-state index in [1.165, 1.54) is 23.1 Å². The van der Waals surface area contributed by atoms with E-state index in [1.54, 1.807) is 31.4 Å². The SMILES string of the molecule is COCCN1CCCC(F)(c2nnc(-c3ccc4c(c3)N(Cc3ccc(Cl)cc3)C(=O)[C@@H](N)CS4(=O)=O)o2)C1. The normalized spacial score (nSPS) is 23.4. The number of hydrogen-bond acceptors (Lipinski definition) is 9. The number of fused-ring (bicyclic) bond motifs is 1. The van der Waals surface area contributed by atoms with E-state index in [0.717, 1.165) is 12.1 Å². The van der Waals surface area contributed by atoms with E-state index in [4.69, 9.17) is 26.5 Å². The highest BCUT2D eigenvalue weighted by Crippen LogP contribution is 2.38. The molecule has 1 unspecified atom stereocenters. The lowest BCUT2D eigenvalue weighted by Crippen LogP contribution is -2.45. The summed E-state index contributed by atoms with van der Waals surface area (Å²) in [6.45, 7) is 1.98. The van der Waals surface area contributed by atoms with Gasteiger partial charge in [0.2, 0.25) is 17.5 Å². The number of methoxy groups -OCH3 is 1. The maximum Gasteiger partial charge on any atom is 0.255 e. The molecule has 0 radical (unpaired) electrons. The van der Waals surface area contributed by atoms with E-state index in [-0.39, 0.29) is 41.9 Å². The molecule has 1 saturated heterocycles. The van der Waals surface area contributed by atoms with Gasteiger partial charge in [-0.1, -0.05) is 23.7 Å². The number of aromatic nitrogens is 2. The first-order valence-electron chi connectivity index (χ1n) is 12.5. The molecule has 2 aliphatic rings. The van der Waals surface area contributed by atoms with Crippen LogP contribution in [0.4, 0.5) is 10.1 Å². The molecule has 0 saturated carbocycles. The van der Waals surface area contributed by atoms with Crippen molar-refractivity contribution >= 4 is 33.0 Å². The van der Waals surface area contributed by atoms with Gasteiger partial charge in [-0.3, -0.25) is 9.69 Å². The Hall–Kier alpha value is -2.90. The molecule has 3 heterocycles. The van der Waals surface area contributed by atoms with Crippen LogP contribution in [-0.2, 0) is 31.6 Å². The van der Waals surface area contributed by atoms with Gasteiger partial charge >= 0.3 is 0 Å². The highest BCUT2D eigenvalue weighted by Gasteiger charge is 2.42. The summed E-state index contributed by atoms with van der Waals surface area (Å²) in [7, 11) is -2.28. The van der Waals surface area contributed by atoms with E-state index in [9.17, 15) is 13.2 Å². The number of hydrogen-bond donors (Lipinski definition) is 1. The van der Waals surface area contributed by atoms with Crippen molar-refractivity contribution in [1.82, 2.24) is 15.1 Å². The molecule has 13 heteroatoms. The van der Waals surface area contributed by atoms with E-state index >= 15 is 4.39 Å². The van der Waals surface area contributed by atoms with Crippen molar-refractivity contribution in [3.05, 3.63) is 58.9 Å². The smallest absolute Gasteiger partial charge is 0.255 e. The predicted molar refractivity (Wildman–Crippen MR) is 143 cm³/mol. The van der Waals surface area contributed by atoms with E-state index in [0.29, 0.717) is 30.2 Å². The summed E-state index contributed by atoms with van der Waals surface area (Å²) in [6, 6.07) is 10.0. The minimum atomic E-state index is -3.88. The number of rotatable bonds is 7. The van der Waals surface area contributed by atoms with Crippen LogP contribution in [0.1, 0.15) is 24.3 Å². The summed E-state index contributed by atoms with van der Waals surface area (Å²) in [5, 5.41) is 8.59. The van der Waals surface area contributed by atoms with E-state index in [2.05, 4.69) is 10.2 Å². The number of sulfone groups is 1. The van der Waals surface area contributed by atoms with Gasteiger partial charge in [0.15, 0.2) is 9.84 Å². The second kappa shape index (κ2) is 10.9. The molecule has 2 aromatic carbocycles. The number of halogens is 2. The van der Waals surface area contributed by atoms with Crippen LogP contribution < -0.4 is 10.6 Å². The third kappa shape index (κ3) is 5.71. The molecular weight excluding hydrogens is 549 g/mol. The topological polar surface area (TPSA) is 132 Å². The Bertz CT molecular complexity index is 1470. The summed E-state index contributed by atoms with van der Waals surface area (Å²) in [5.74, 6) is -1.19. The number of ether oxygens (including phenoxy) is 1. The fraction of sp³-hybridized carbons (Fsp3) is 0.423. The standard InChI is InChI=1S/C26H29ClFN5O5S/c1-37-12-11-32-10-2-9-26(28,16-32)25-31-30-23(38-25)18-5-8-22-21(13-18)33(14-17-3-6-19(27)7-4-17)24(34)20(29)15-39(22,35)36/h3-8,13,20H,2,9-12,14-16,29H2,1H3/t20-,26?/m0/s1. The van der Waals surface area contributed by atoms with Gasteiger partial charge in [-0.15, -0.1) is 10.2 Å². The molecule has 5 rings (SSSR count). The number of alkyl halides is 1. The number of benzene rings is 2. The van der Waals surface area contributed by atoms with Crippen LogP contribution in [0.15, 0.2) is 51.8 Å². The van der Waals surface area contributed by atoms with Gasteiger partial charge in [-0.25, -0.2) is 12.8 Å². The summed E-state index contributed by atoms with van der Waals surface area (Å²) < 4.78 is 53.1. The molecule has 2 atom stereocenters. The van der Waals surface area contributed by atoms with Crippen LogP contribution in [0.3, 0.4) is 0 Å². The Balaban J connectivity index is 1.50. The molecule has 3 aromatic rings. The monoisotopic (exact) mass is 577 g/mol. The zero-order valence-electron chi connectivity index (χ0n) is 21.3. The zero-order chi connectivity index (χ0) is 27.8. The average Bonchev–Trinajstić information content (AvgIpc) is 3.40. The highest BCUT2D eigenvalue weighted by molar-refractivity contribution is 7.91. The van der Waals surface area contributed by atoms with Crippen molar-refractivity contribution in [2.75, 3.05) is 44.0 Å². The number of carbonyl (C=O) groups is 1. The van der Waals surface area contributed by atoms with Crippen molar-refractivity contribution in [3.63, 3.8) is 0 Å². The largest absolute Gasteiger partial charge is 0.417 e. The van der Waals surface area contributed by atoms with Gasteiger partial charge in [0, 0.05) is 30.8 Å². The molecule has 39 heavy (non-hydrogen) atoms. The van der Waals surface area contributed by atoms with Gasteiger partial charge in [-0.2, -0.15) is 0 Å². The molecule has 208 valence electrons. The molecule has 2 N–H and O–H groups in total. The number of piperidine rings is 1. The summed E-state index contributed by atoms with van der Waals surface area (Å²) >= 11 is 6.00. The number of nitrogens with zero attached hydrogens (tertiary/aromatic N) is 4. The summed E-state index contributed by atoms with van der Waals surface area (Å²) in [6.07, 6.45) is 0.860. The Morgan fingerprint density at radius 1 is 1.23 bits per heavy atom. The molecule has 1 fully saturated rings. The van der Waals surface area contributed by atoms with Crippen LogP contribution >= 0.6 is 11.6 Å². The first-order valence-corrected chi connectivity index (χ1v) is 14.6. The van der Waals surface area contributed by atoms with Crippen molar-refractivity contribution < 1.29 is 26.8 Å². The predicted octanol–water partition coefficient (Wildman–Crippen LogP) is 2.94. The van der Waals surface area contributed by atoms with Crippen molar-refractivity contribution in [3.8, 4) is 11.5 Å². The maximum atomic E-state index is 15.9. The van der Waals surface area contributed by atoms with Gasteiger partial charge < -0.3 is 19.8 Å². The Labute approximate surface area is 230 Å². The van der Waals surface area contributed by atoms with Gasteiger partial charge in [-0.05, 0) is 55.3 Å². The summed E-state index contributed by atoms with van der Waals surface area (Å²) in [4.78, 5) is 16.5. The second-order valence-corrected chi connectivity index (χ2v) is 12.3. The quantitative estimate of drug-likeness (QED) is 0.450. The van der Waals surface area contributed by atoms with Crippen LogP contribution in [0.5, 0.6) is 0 Å². The Kier molecular flexibility index (Phi) is 7.75. The van der Waals surface area contributed by atoms with E-state index in [1.807, 2.05) is 4.90 Å². The van der Waals surface area contributed by atoms with Crippen molar-refractivity contribution in [2.24, 2.45) is 5.73 Å². The molecule has 1 aromatic heterocycles. The molecule has 10 nitrogen and oxygen atoms in total. The van der Waals surface area contributed by atoms with Crippen molar-refractivity contribution in [1.29, 1.82) is 0 Å². The molecule has 0 spiro atoms. The van der Waals surface area contributed by atoms with Crippen LogP contribution in [0.25, 0.3) is 11.5 Å². The zero-order valence-corrected chi connectivity index (χ0v) is 22.9. The fourth-order valence-corrected chi connectivity index (χ4v) is 6.66. The number of anilines is 1. The third-order valence-electron chi connectivity index (χ3n) is 7.01. The minimum Gasteiger partial charge on any atom is -0.417 e. The van der Waals surface area contributed by atoms with Gasteiger partial charge in [0.05, 0.1) is 35.5 Å². The highest BCUT2D eigenvalue weighted by atomic mass is 35.5. The van der Waals surface area contributed by atoms with E-state index < -0.39 is 33.2 Å². The molecule has 1 amide bonds. The molecular formula is C26H29ClFN5O5S. The lowest BCUT2D eigenvalue weighted by molar-refractivity contribution is -0.119. The minimum absolute atomic E-state index is 0.0173. The number of nitrogens with two attached hydrogens (primary N) is 1. The number of amides is 1. The number of likely N-dealkylation sites (tertiary alicyclic amines) is 1. The Morgan fingerprint density at radius 2 is 2.00 bits per heavy atom. The molecule has 0 bridgehead atoms. The third-order valence-corrected chi connectivity index (χ3v) is 9.07.